The first-order valence-corrected chi connectivity index (χ1v) is 37.1. The molecule has 10 aromatic carbocycles. The third kappa shape index (κ3) is 13.0. The number of hydrogen-bond acceptors (Lipinski definition) is 51. The molecular formula is C82H54O51. The second kappa shape index (κ2) is 30.6. The van der Waals surface area contributed by atoms with Gasteiger partial charge in [-0.3, -0.25) is 0 Å². The van der Waals surface area contributed by atoms with Crippen LogP contribution in [0.3, 0.4) is 0 Å². The van der Waals surface area contributed by atoms with Crippen molar-refractivity contribution in [3.05, 3.63) is 127 Å². The minimum atomic E-state index is -3.57. The summed E-state index contributed by atoms with van der Waals surface area (Å²) >= 11 is 0. The highest BCUT2D eigenvalue weighted by molar-refractivity contribution is 6.15. The molecule has 51 nitrogen and oxygen atoms in total. The van der Waals surface area contributed by atoms with E-state index >= 15 is 33.6 Å². The van der Waals surface area contributed by atoms with E-state index in [-0.39, 0.29) is 42.5 Å². The van der Waals surface area contributed by atoms with Gasteiger partial charge in [-0.2, -0.15) is 0 Å². The van der Waals surface area contributed by atoms with E-state index in [1.165, 1.54) is 0 Å². The Labute approximate surface area is 728 Å². The molecule has 6 bridgehead atoms. The number of phenolic OH excluding ortho intramolecular Hbond substituents is 30. The van der Waals surface area contributed by atoms with E-state index in [1.54, 1.807) is 0 Å². The summed E-state index contributed by atoms with van der Waals surface area (Å²) < 4.78 is 58.1. The maximum atomic E-state index is 16.6. The lowest BCUT2D eigenvalue weighted by Crippen LogP contribution is -2.56. The Morgan fingerprint density at radius 3 is 0.850 bits per heavy atom. The van der Waals surface area contributed by atoms with Crippen molar-refractivity contribution in [3.8, 4) is 217 Å². The SMILES string of the molecule is O=C(OC1COC(=O)c2cc(O)c(O)c(O)c2-c2c(cc(O)c(O)c2O)C(=O)OC1C1OC(=O)c2cc(O)c(O)c(O)c2-c2c(O)c(O)c(O)c3c2C(=O)OC1C3c1c(C(=O)OC2COC(=O)c3cc(O)c(O)c(O)c3-c3c(cc(O)c(O)c3O)C(=O)OC2C2OC(=O)c3cc(O)c(O)c(O)c3-c3c(O)c(O)c(O)c4c3C(=O)OC2C4O)cc(O)c(O)c1O)c1cc(O)c(O)c(O)c1. The van der Waals surface area contributed by atoms with Gasteiger partial charge in [0.1, 0.15) is 19.3 Å². The molecule has 51 heteroatoms. The first kappa shape index (κ1) is 87.3. The highest BCUT2D eigenvalue weighted by Crippen LogP contribution is 2.64. The Morgan fingerprint density at radius 2 is 0.489 bits per heavy atom. The van der Waals surface area contributed by atoms with Crippen molar-refractivity contribution in [2.45, 2.75) is 60.9 Å². The number of esters is 10. The summed E-state index contributed by atoms with van der Waals surface area (Å²) in [6.07, 6.45) is -30.1. The maximum absolute atomic E-state index is 16.6. The number of cyclic esters (lactones) is 5. The van der Waals surface area contributed by atoms with Crippen LogP contribution >= 0.6 is 0 Å². The monoisotopic (exact) mass is 1850 g/mol. The Bertz CT molecular complexity index is 7020. The highest BCUT2D eigenvalue weighted by atomic mass is 16.7. The molecule has 17 rings (SSSR count). The molecule has 0 saturated carbocycles. The number of aliphatic hydroxyl groups excluding tert-OH is 1. The fourth-order valence-corrected chi connectivity index (χ4v) is 16.2. The van der Waals surface area contributed by atoms with Gasteiger partial charge in [0.05, 0.1) is 61.6 Å². The van der Waals surface area contributed by atoms with Crippen LogP contribution < -0.4 is 0 Å². The van der Waals surface area contributed by atoms with Crippen LogP contribution in [0.2, 0.25) is 0 Å². The molecule has 10 aromatic rings. The van der Waals surface area contributed by atoms with Crippen LogP contribution in [0, 0.1) is 0 Å². The molecule has 10 unspecified atom stereocenters. The van der Waals surface area contributed by atoms with E-state index in [1.807, 2.05) is 0 Å². The van der Waals surface area contributed by atoms with Crippen LogP contribution in [0.5, 0.6) is 172 Å². The number of hydrogen-bond donors (Lipinski definition) is 31. The van der Waals surface area contributed by atoms with Crippen LogP contribution in [0.25, 0.3) is 44.5 Å². The number of benzene rings is 10. The van der Waals surface area contributed by atoms with E-state index in [0.29, 0.717) is 12.1 Å². The topological polar surface area (TPSA) is 890 Å². The largest absolute Gasteiger partial charge is 0.504 e. The Morgan fingerprint density at radius 1 is 0.233 bits per heavy atom. The molecule has 133 heavy (non-hydrogen) atoms. The molecule has 7 aliphatic rings. The van der Waals surface area contributed by atoms with Gasteiger partial charge in [-0.25, -0.2) is 47.9 Å². The standard InChI is InChI=1S/C82H54O51/c83-20-1-12(2-21(84)45(20)92)73(114)126-29-10-124-74(115)13-3-22(85)46(93)53(100)31(13)33-15(5-24(87)48(95)55(33)102)77(118)128-67(29)71-69-41(40-42(81(122)130-69)38(60(107)65(112)62(40)109)35-17(79(120)132-71)7-26(89)50(97)57(35)104)37-19(9-28(91)52(99)59(37)106)76(117)127-30-11-125-75(116)14-4-23(86)47(94)54(101)32(14)34-16(6-25(88)49(96)56(34)103)78(119)129-68(30)72-70-64(111)44-43(82(123)131-70)39(61(108)66(113)63(44)110)36-18(80(121)133-72)8-27(90)51(98)58(36)105/h1-9,29-30,41,64,67-72,83-113H,10-11H2. The summed E-state index contributed by atoms with van der Waals surface area (Å²) in [5, 5.41) is 356. The molecule has 0 spiro atoms. The zero-order valence-corrected chi connectivity index (χ0v) is 64.9. The van der Waals surface area contributed by atoms with E-state index in [0.717, 1.165) is 0 Å². The summed E-state index contributed by atoms with van der Waals surface area (Å²) in [7, 11) is 0. The Balaban J connectivity index is 0.976. The molecule has 0 amide bonds. The summed E-state index contributed by atoms with van der Waals surface area (Å²) in [6, 6.07) is 1.42. The van der Waals surface area contributed by atoms with Gasteiger partial charge in [0, 0.05) is 61.2 Å². The van der Waals surface area contributed by atoms with E-state index < -0.39 is 423 Å². The third-order valence-electron chi connectivity index (χ3n) is 22.3. The second-order valence-corrected chi connectivity index (χ2v) is 29.7. The summed E-state index contributed by atoms with van der Waals surface area (Å²) in [6.45, 7) is -4.07. The maximum Gasteiger partial charge on any atom is 0.339 e. The summed E-state index contributed by atoms with van der Waals surface area (Å²) in [5.74, 6) is -77.7. The van der Waals surface area contributed by atoms with Crippen molar-refractivity contribution in [2.24, 2.45) is 0 Å². The number of aromatic hydroxyl groups is 30. The quantitative estimate of drug-likeness (QED) is 0.0619. The van der Waals surface area contributed by atoms with Crippen LogP contribution in [0.15, 0.2) is 54.6 Å². The molecule has 10 atom stereocenters. The lowest BCUT2D eigenvalue weighted by atomic mass is 9.73. The van der Waals surface area contributed by atoms with Crippen LogP contribution in [0.1, 0.15) is 132 Å². The first-order valence-electron chi connectivity index (χ1n) is 37.1. The van der Waals surface area contributed by atoms with Crippen molar-refractivity contribution in [1.29, 1.82) is 0 Å². The lowest BCUT2D eigenvalue weighted by Gasteiger charge is -2.43. The van der Waals surface area contributed by atoms with Crippen LogP contribution in [-0.2, 0) is 47.4 Å². The number of carbonyl (C=O) groups excluding carboxylic acids is 10. The van der Waals surface area contributed by atoms with Crippen molar-refractivity contribution in [1.82, 2.24) is 0 Å². The fourth-order valence-electron chi connectivity index (χ4n) is 16.2. The molecular weight excluding hydrogens is 1800 g/mol. The second-order valence-electron chi connectivity index (χ2n) is 29.7. The van der Waals surface area contributed by atoms with Crippen molar-refractivity contribution in [3.63, 3.8) is 0 Å². The first-order chi connectivity index (χ1) is 62.5. The van der Waals surface area contributed by atoms with Gasteiger partial charge in [0.15, 0.2) is 170 Å². The zero-order chi connectivity index (χ0) is 96.8. The minimum Gasteiger partial charge on any atom is -0.504 e. The Kier molecular flexibility index (Phi) is 20.1. The van der Waals surface area contributed by atoms with Crippen LogP contribution in [-0.4, -0.2) is 280 Å². The molecule has 0 saturated heterocycles. The molecule has 0 fully saturated rings. The smallest absolute Gasteiger partial charge is 0.339 e. The number of fused-ring (bicyclic) bond motifs is 13. The van der Waals surface area contributed by atoms with Gasteiger partial charge < -0.3 is 206 Å². The average molecular weight is 1860 g/mol. The highest BCUT2D eigenvalue weighted by Gasteiger charge is 2.60. The molecule has 0 radical (unpaired) electrons. The van der Waals surface area contributed by atoms with Crippen molar-refractivity contribution in [2.75, 3.05) is 13.2 Å². The van der Waals surface area contributed by atoms with E-state index in [9.17, 15) is 173 Å². The van der Waals surface area contributed by atoms with E-state index in [2.05, 4.69) is 0 Å². The molecule has 31 N–H and O–H groups in total. The molecule has 688 valence electrons. The number of rotatable bonds is 7. The number of aliphatic hydroxyl groups is 1. The predicted octanol–water partition coefficient (Wildman–Crippen LogP) is 3.09. The van der Waals surface area contributed by atoms with Crippen molar-refractivity contribution < 1.29 is 254 Å². The minimum absolute atomic E-state index is 0.0815. The third-order valence-corrected chi connectivity index (χ3v) is 22.3. The number of carbonyl (C=O) groups is 10. The Hall–Kier alpha value is -19.1. The van der Waals surface area contributed by atoms with E-state index in [4.69, 9.17) is 47.4 Å². The van der Waals surface area contributed by atoms with Gasteiger partial charge in [-0.1, -0.05) is 0 Å². The molecule has 0 aliphatic carbocycles. The zero-order valence-electron chi connectivity index (χ0n) is 64.9. The van der Waals surface area contributed by atoms with Crippen molar-refractivity contribution >= 4 is 59.7 Å². The number of phenols is 30. The number of ether oxygens (including phenoxy) is 10. The molecule has 7 aliphatic heterocycles. The van der Waals surface area contributed by atoms with Gasteiger partial charge in [0.2, 0.25) is 51.7 Å². The fraction of sp³-hybridized carbons (Fsp3) is 0.146. The molecule has 7 heterocycles. The summed E-state index contributed by atoms with van der Waals surface area (Å²) in [5.41, 5.74) is -31.9. The van der Waals surface area contributed by atoms with Gasteiger partial charge >= 0.3 is 59.7 Å². The lowest BCUT2D eigenvalue weighted by molar-refractivity contribution is -0.154. The van der Waals surface area contributed by atoms with Gasteiger partial charge in [0.25, 0.3) is 0 Å². The predicted molar refractivity (Wildman–Crippen MR) is 411 cm³/mol. The summed E-state index contributed by atoms with van der Waals surface area (Å²) in [4.78, 5) is 155. The van der Waals surface area contributed by atoms with Gasteiger partial charge in [-0.05, 0) is 54.6 Å². The van der Waals surface area contributed by atoms with Gasteiger partial charge in [-0.15, -0.1) is 0 Å². The molecule has 0 aromatic heterocycles. The average Bonchev–Trinajstić information content (AvgIpc) is 0.801. The normalized spacial score (nSPS) is 20.1. The van der Waals surface area contributed by atoms with Crippen LogP contribution in [0.4, 0.5) is 0 Å².